The summed E-state index contributed by atoms with van der Waals surface area (Å²) in [5.74, 6) is 1.55. The zero-order valence-electron chi connectivity index (χ0n) is 10.4. The molecular formula is C16H12O2S. The highest BCUT2D eigenvalue weighted by molar-refractivity contribution is 7.80. The van der Waals surface area contributed by atoms with Crippen molar-refractivity contribution in [3.63, 3.8) is 0 Å². The number of rotatable bonds is 2. The number of hydrogen-bond donors (Lipinski definition) is 0. The van der Waals surface area contributed by atoms with Gasteiger partial charge in [-0.05, 0) is 43.4 Å². The summed E-state index contributed by atoms with van der Waals surface area (Å²) in [6.45, 7) is 2.06. The highest BCUT2D eigenvalue weighted by Crippen LogP contribution is 2.28. The summed E-state index contributed by atoms with van der Waals surface area (Å²) in [5, 5.41) is 0.479. The first-order chi connectivity index (χ1) is 9.22. The Kier molecular flexibility index (Phi) is 3.05. The Bertz CT molecular complexity index is 661. The zero-order chi connectivity index (χ0) is 13.2. The van der Waals surface area contributed by atoms with Gasteiger partial charge in [0.25, 0.3) is 0 Å². The summed E-state index contributed by atoms with van der Waals surface area (Å²) in [6.07, 6.45) is 5.45. The Morgan fingerprint density at radius 2 is 1.89 bits per heavy atom. The number of benzene rings is 1. The van der Waals surface area contributed by atoms with Crippen molar-refractivity contribution in [3.05, 3.63) is 71.2 Å². The average molecular weight is 268 g/mol. The minimum Gasteiger partial charge on any atom is -0.465 e. The van der Waals surface area contributed by atoms with Crippen LogP contribution >= 0.6 is 12.2 Å². The summed E-state index contributed by atoms with van der Waals surface area (Å²) in [5.41, 5.74) is 3.10. The van der Waals surface area contributed by atoms with E-state index >= 15 is 0 Å². The first kappa shape index (κ1) is 11.9. The highest BCUT2D eigenvalue weighted by Gasteiger charge is 2.18. The summed E-state index contributed by atoms with van der Waals surface area (Å²) in [6, 6.07) is 11.9. The van der Waals surface area contributed by atoms with Crippen LogP contribution in [-0.2, 0) is 4.74 Å². The predicted molar refractivity (Wildman–Crippen MR) is 79.5 cm³/mol. The van der Waals surface area contributed by atoms with E-state index in [4.69, 9.17) is 21.4 Å². The minimum absolute atomic E-state index is 0.479. The molecule has 0 bridgehead atoms. The van der Waals surface area contributed by atoms with E-state index in [1.54, 1.807) is 6.26 Å². The molecule has 0 saturated heterocycles. The Hall–Kier alpha value is -2.13. The lowest BCUT2D eigenvalue weighted by Gasteiger charge is -2.03. The third kappa shape index (κ3) is 2.51. The van der Waals surface area contributed by atoms with Crippen molar-refractivity contribution in [3.8, 4) is 0 Å². The van der Waals surface area contributed by atoms with Gasteiger partial charge in [-0.1, -0.05) is 29.8 Å². The molecule has 2 nitrogen and oxygen atoms in total. The van der Waals surface area contributed by atoms with Gasteiger partial charge < -0.3 is 9.15 Å². The topological polar surface area (TPSA) is 22.4 Å². The van der Waals surface area contributed by atoms with Crippen molar-refractivity contribution in [2.24, 2.45) is 0 Å². The molecule has 94 valence electrons. The van der Waals surface area contributed by atoms with Gasteiger partial charge in [0.15, 0.2) is 5.05 Å². The Morgan fingerprint density at radius 1 is 1.11 bits per heavy atom. The molecule has 1 aliphatic rings. The quantitative estimate of drug-likeness (QED) is 0.596. The molecule has 19 heavy (non-hydrogen) atoms. The first-order valence-electron chi connectivity index (χ1n) is 5.98. The second-order valence-electron chi connectivity index (χ2n) is 4.38. The van der Waals surface area contributed by atoms with Crippen molar-refractivity contribution in [1.82, 2.24) is 0 Å². The van der Waals surface area contributed by atoms with Gasteiger partial charge in [0.2, 0.25) is 0 Å². The van der Waals surface area contributed by atoms with Gasteiger partial charge in [0.1, 0.15) is 11.5 Å². The SMILES string of the molecule is Cc1ccc(C2=C/C(=C\c3ccco3)C(=S)O2)cc1. The summed E-state index contributed by atoms with van der Waals surface area (Å²) >= 11 is 5.23. The lowest BCUT2D eigenvalue weighted by Crippen LogP contribution is -1.93. The van der Waals surface area contributed by atoms with Crippen molar-refractivity contribution >= 4 is 29.1 Å². The van der Waals surface area contributed by atoms with E-state index in [2.05, 4.69) is 19.1 Å². The fourth-order valence-corrected chi connectivity index (χ4v) is 2.08. The minimum atomic E-state index is 0.479. The second-order valence-corrected chi connectivity index (χ2v) is 4.75. The molecule has 0 fully saturated rings. The van der Waals surface area contributed by atoms with E-state index in [0.717, 1.165) is 22.7 Å². The fraction of sp³-hybridized carbons (Fsp3) is 0.0625. The Morgan fingerprint density at radius 3 is 2.58 bits per heavy atom. The van der Waals surface area contributed by atoms with Crippen molar-refractivity contribution in [1.29, 1.82) is 0 Å². The molecule has 0 amide bonds. The predicted octanol–water partition coefficient (Wildman–Crippen LogP) is 4.37. The average Bonchev–Trinajstić information content (AvgIpc) is 3.02. The number of ether oxygens (including phenoxy) is 1. The van der Waals surface area contributed by atoms with Gasteiger partial charge in [-0.15, -0.1) is 0 Å². The standard InChI is InChI=1S/C16H12O2S/c1-11-4-6-12(7-5-11)15-10-13(16(19)18-15)9-14-3-2-8-17-14/h2-10H,1H3/b13-9+. The van der Waals surface area contributed by atoms with Gasteiger partial charge in [0.05, 0.1) is 6.26 Å². The highest BCUT2D eigenvalue weighted by atomic mass is 32.1. The third-order valence-electron chi connectivity index (χ3n) is 2.90. The molecule has 0 N–H and O–H groups in total. The van der Waals surface area contributed by atoms with Crippen LogP contribution < -0.4 is 0 Å². The smallest absolute Gasteiger partial charge is 0.198 e. The van der Waals surface area contributed by atoms with Crippen LogP contribution in [0.25, 0.3) is 11.8 Å². The van der Waals surface area contributed by atoms with Crippen LogP contribution in [0.3, 0.4) is 0 Å². The summed E-state index contributed by atoms with van der Waals surface area (Å²) < 4.78 is 10.9. The molecule has 3 heteroatoms. The van der Waals surface area contributed by atoms with Gasteiger partial charge >= 0.3 is 0 Å². The molecule has 1 aromatic carbocycles. The van der Waals surface area contributed by atoms with Gasteiger partial charge in [-0.2, -0.15) is 0 Å². The maximum Gasteiger partial charge on any atom is 0.198 e. The van der Waals surface area contributed by atoms with Crippen LogP contribution in [-0.4, -0.2) is 5.05 Å². The molecule has 2 aromatic rings. The van der Waals surface area contributed by atoms with Crippen molar-refractivity contribution in [2.45, 2.75) is 6.92 Å². The number of hydrogen-bond acceptors (Lipinski definition) is 3. The number of furan rings is 1. The molecule has 2 heterocycles. The molecular weight excluding hydrogens is 256 g/mol. The van der Waals surface area contributed by atoms with E-state index in [1.807, 2.05) is 36.4 Å². The van der Waals surface area contributed by atoms with Crippen molar-refractivity contribution in [2.75, 3.05) is 0 Å². The van der Waals surface area contributed by atoms with E-state index in [0.29, 0.717) is 5.05 Å². The zero-order valence-corrected chi connectivity index (χ0v) is 11.2. The monoisotopic (exact) mass is 268 g/mol. The van der Waals surface area contributed by atoms with Crippen LogP contribution in [0, 0.1) is 6.92 Å². The van der Waals surface area contributed by atoms with Gasteiger partial charge in [-0.25, -0.2) is 0 Å². The number of thiocarbonyl (C=S) groups is 1. The van der Waals surface area contributed by atoms with Crippen molar-refractivity contribution < 1.29 is 9.15 Å². The van der Waals surface area contributed by atoms with Crippen LogP contribution in [0.15, 0.2) is 58.7 Å². The maximum atomic E-state index is 5.63. The van der Waals surface area contributed by atoms with Gasteiger partial charge in [-0.3, -0.25) is 0 Å². The third-order valence-corrected chi connectivity index (χ3v) is 3.22. The molecule has 0 aliphatic carbocycles. The number of aryl methyl sites for hydroxylation is 1. The van der Waals surface area contributed by atoms with Crippen LogP contribution in [0.1, 0.15) is 16.9 Å². The fourth-order valence-electron chi connectivity index (χ4n) is 1.88. The second kappa shape index (κ2) is 4.86. The molecule has 0 unspecified atom stereocenters. The van der Waals surface area contributed by atoms with Crippen LogP contribution in [0.4, 0.5) is 0 Å². The van der Waals surface area contributed by atoms with E-state index in [1.165, 1.54) is 5.56 Å². The molecule has 0 saturated carbocycles. The van der Waals surface area contributed by atoms with Crippen LogP contribution in [0.2, 0.25) is 0 Å². The Labute approximate surface area is 117 Å². The Balaban J connectivity index is 1.93. The molecule has 1 aliphatic heterocycles. The van der Waals surface area contributed by atoms with E-state index in [9.17, 15) is 0 Å². The molecule has 1 aromatic heterocycles. The summed E-state index contributed by atoms with van der Waals surface area (Å²) in [7, 11) is 0. The first-order valence-corrected chi connectivity index (χ1v) is 6.39. The van der Waals surface area contributed by atoms with E-state index < -0.39 is 0 Å². The maximum absolute atomic E-state index is 5.63. The lowest BCUT2D eigenvalue weighted by molar-refractivity contribution is 0.534. The molecule has 0 atom stereocenters. The molecule has 0 radical (unpaired) electrons. The van der Waals surface area contributed by atoms with Crippen LogP contribution in [0.5, 0.6) is 0 Å². The largest absolute Gasteiger partial charge is 0.465 e. The van der Waals surface area contributed by atoms with E-state index in [-0.39, 0.29) is 0 Å². The molecule has 0 spiro atoms. The molecule has 3 rings (SSSR count). The normalized spacial score (nSPS) is 16.6. The lowest BCUT2D eigenvalue weighted by atomic mass is 10.1. The summed E-state index contributed by atoms with van der Waals surface area (Å²) in [4.78, 5) is 0. The van der Waals surface area contributed by atoms with Gasteiger partial charge in [0, 0.05) is 11.1 Å².